The zero-order valence-corrected chi connectivity index (χ0v) is 20.8. The molecule has 1 N–H and O–H groups in total. The number of ether oxygens (including phenoxy) is 1. The molecular formula is C28H24ClN5O3. The van der Waals surface area contributed by atoms with Crippen molar-refractivity contribution in [2.75, 3.05) is 11.9 Å². The molecule has 0 aliphatic carbocycles. The van der Waals surface area contributed by atoms with Crippen LogP contribution in [0.5, 0.6) is 0 Å². The van der Waals surface area contributed by atoms with Crippen molar-refractivity contribution >= 4 is 35.4 Å². The maximum atomic E-state index is 13.7. The number of anilines is 1. The van der Waals surface area contributed by atoms with Crippen LogP contribution >= 0.6 is 12.4 Å². The summed E-state index contributed by atoms with van der Waals surface area (Å²) < 4.78 is 6.57. The summed E-state index contributed by atoms with van der Waals surface area (Å²) in [6.07, 6.45) is 4.93. The van der Waals surface area contributed by atoms with Crippen molar-refractivity contribution in [2.24, 2.45) is 0 Å². The van der Waals surface area contributed by atoms with Gasteiger partial charge in [-0.1, -0.05) is 30.3 Å². The number of hydrogen-bond donors (Lipinski definition) is 1. The van der Waals surface area contributed by atoms with E-state index < -0.39 is 6.09 Å². The number of aromatic nitrogens is 4. The molecule has 0 unspecified atom stereocenters. The minimum Gasteiger partial charge on any atom is -0.450 e. The van der Waals surface area contributed by atoms with Gasteiger partial charge in [-0.15, -0.1) is 12.4 Å². The molecule has 2 aromatic carbocycles. The van der Waals surface area contributed by atoms with Crippen molar-refractivity contribution in [3.63, 3.8) is 0 Å². The maximum Gasteiger partial charge on any atom is 0.411 e. The van der Waals surface area contributed by atoms with Crippen LogP contribution in [0, 0.1) is 0 Å². The van der Waals surface area contributed by atoms with Crippen LogP contribution in [0.4, 0.5) is 10.5 Å². The largest absolute Gasteiger partial charge is 0.450 e. The molecule has 5 rings (SSSR count). The highest BCUT2D eigenvalue weighted by Gasteiger charge is 2.15. The number of hydrogen-bond acceptors (Lipinski definition) is 6. The predicted molar refractivity (Wildman–Crippen MR) is 146 cm³/mol. The molecule has 5 aromatic rings. The topological polar surface area (TPSA) is 99.0 Å². The third-order valence-corrected chi connectivity index (χ3v) is 5.60. The Kier molecular flexibility index (Phi) is 7.90. The van der Waals surface area contributed by atoms with Gasteiger partial charge in [-0.05, 0) is 66.1 Å². The predicted octanol–water partition coefficient (Wildman–Crippen LogP) is 5.42. The zero-order chi connectivity index (χ0) is 24.9. The standard InChI is InChI=1S/C28H23N5O3.ClH/c1-2-36-28(35)31-22-10-3-8-20(16-22)21-9-4-11-23(17-21)33-26-24(12-6-14-30-26)32-25(27(33)34)15-19-7-5-13-29-18-19;/h3-14,16-18H,2,15H2,1H3,(H,31,35);1H. The van der Waals surface area contributed by atoms with Crippen LogP contribution in [0.25, 0.3) is 28.0 Å². The van der Waals surface area contributed by atoms with E-state index in [2.05, 4.69) is 20.3 Å². The van der Waals surface area contributed by atoms with Gasteiger partial charge in [-0.3, -0.25) is 19.7 Å². The van der Waals surface area contributed by atoms with Gasteiger partial charge in [0.2, 0.25) is 0 Å². The fraction of sp³-hybridized carbons (Fsp3) is 0.107. The van der Waals surface area contributed by atoms with Crippen LogP contribution in [0.1, 0.15) is 18.2 Å². The van der Waals surface area contributed by atoms with Crippen LogP contribution in [-0.4, -0.2) is 32.2 Å². The maximum absolute atomic E-state index is 13.7. The molecule has 0 saturated carbocycles. The monoisotopic (exact) mass is 513 g/mol. The van der Waals surface area contributed by atoms with E-state index in [1.165, 1.54) is 0 Å². The fourth-order valence-corrected chi connectivity index (χ4v) is 4.00. The first kappa shape index (κ1) is 25.5. The van der Waals surface area contributed by atoms with Gasteiger partial charge < -0.3 is 4.74 Å². The van der Waals surface area contributed by atoms with E-state index in [1.807, 2.05) is 60.7 Å². The minimum atomic E-state index is -0.509. The molecule has 0 atom stereocenters. The van der Waals surface area contributed by atoms with E-state index in [4.69, 9.17) is 4.74 Å². The summed E-state index contributed by atoms with van der Waals surface area (Å²) in [5.41, 5.74) is 5.21. The van der Waals surface area contributed by atoms with Gasteiger partial charge in [0.1, 0.15) is 11.2 Å². The van der Waals surface area contributed by atoms with Crippen molar-refractivity contribution in [3.8, 4) is 16.8 Å². The Morgan fingerprint density at radius 1 is 0.973 bits per heavy atom. The van der Waals surface area contributed by atoms with Crippen LogP contribution in [-0.2, 0) is 11.2 Å². The highest BCUT2D eigenvalue weighted by Crippen LogP contribution is 2.25. The average Bonchev–Trinajstić information content (AvgIpc) is 2.90. The summed E-state index contributed by atoms with van der Waals surface area (Å²) in [4.78, 5) is 38.7. The van der Waals surface area contributed by atoms with E-state index in [0.717, 1.165) is 16.7 Å². The van der Waals surface area contributed by atoms with Gasteiger partial charge in [0.05, 0.1) is 12.3 Å². The Morgan fingerprint density at radius 2 is 1.76 bits per heavy atom. The first-order chi connectivity index (χ1) is 17.6. The molecule has 186 valence electrons. The number of nitrogens with zero attached hydrogens (tertiary/aromatic N) is 4. The molecule has 0 aliphatic rings. The lowest BCUT2D eigenvalue weighted by Gasteiger charge is -2.13. The Bertz CT molecular complexity index is 1610. The van der Waals surface area contributed by atoms with Crippen molar-refractivity contribution in [3.05, 3.63) is 113 Å². The fourth-order valence-electron chi connectivity index (χ4n) is 4.00. The molecule has 0 bridgehead atoms. The number of rotatable bonds is 6. The Morgan fingerprint density at radius 3 is 2.54 bits per heavy atom. The van der Waals surface area contributed by atoms with Gasteiger partial charge >= 0.3 is 6.09 Å². The lowest BCUT2D eigenvalue weighted by molar-refractivity contribution is 0.168. The van der Waals surface area contributed by atoms with E-state index in [9.17, 15) is 9.59 Å². The van der Waals surface area contributed by atoms with Crippen molar-refractivity contribution in [1.82, 2.24) is 19.5 Å². The molecule has 37 heavy (non-hydrogen) atoms. The second-order valence-electron chi connectivity index (χ2n) is 8.06. The van der Waals surface area contributed by atoms with Crippen LogP contribution < -0.4 is 10.9 Å². The summed E-state index contributed by atoms with van der Waals surface area (Å²) in [6.45, 7) is 2.04. The van der Waals surface area contributed by atoms with E-state index in [0.29, 0.717) is 41.3 Å². The lowest BCUT2D eigenvalue weighted by Crippen LogP contribution is -2.25. The lowest BCUT2D eigenvalue weighted by atomic mass is 10.0. The second-order valence-corrected chi connectivity index (χ2v) is 8.06. The van der Waals surface area contributed by atoms with Crippen molar-refractivity contribution in [2.45, 2.75) is 13.3 Å². The highest BCUT2D eigenvalue weighted by molar-refractivity contribution is 5.86. The average molecular weight is 514 g/mol. The molecule has 0 saturated heterocycles. The molecule has 1 amide bonds. The molecule has 9 heteroatoms. The van der Waals surface area contributed by atoms with Gasteiger partial charge in [-0.2, -0.15) is 0 Å². The third-order valence-electron chi connectivity index (χ3n) is 5.60. The van der Waals surface area contributed by atoms with Crippen LogP contribution in [0.2, 0.25) is 0 Å². The molecule has 3 aromatic heterocycles. The number of carbonyl (C=O) groups excluding carboxylic acids is 1. The second kappa shape index (κ2) is 11.5. The normalized spacial score (nSPS) is 10.5. The number of fused-ring (bicyclic) bond motifs is 1. The molecule has 0 spiro atoms. The number of nitrogens with one attached hydrogen (secondary N) is 1. The van der Waals surface area contributed by atoms with Crippen molar-refractivity contribution < 1.29 is 9.53 Å². The van der Waals surface area contributed by atoms with Gasteiger partial charge in [0, 0.05) is 30.7 Å². The first-order valence-corrected chi connectivity index (χ1v) is 11.5. The minimum absolute atomic E-state index is 0. The van der Waals surface area contributed by atoms with Crippen molar-refractivity contribution in [1.29, 1.82) is 0 Å². The summed E-state index contributed by atoms with van der Waals surface area (Å²) in [5, 5.41) is 2.72. The first-order valence-electron chi connectivity index (χ1n) is 11.5. The van der Waals surface area contributed by atoms with E-state index in [-0.39, 0.29) is 18.0 Å². The quantitative estimate of drug-likeness (QED) is 0.325. The summed E-state index contributed by atoms with van der Waals surface area (Å²) >= 11 is 0. The number of carbonyl (C=O) groups is 1. The van der Waals surface area contributed by atoms with Gasteiger partial charge in [0.15, 0.2) is 5.65 Å². The molecule has 8 nitrogen and oxygen atoms in total. The van der Waals surface area contributed by atoms with Gasteiger partial charge in [0.25, 0.3) is 5.56 Å². The molecule has 0 radical (unpaired) electrons. The summed E-state index contributed by atoms with van der Waals surface area (Å²) in [5.74, 6) is 0. The third kappa shape index (κ3) is 5.65. The smallest absolute Gasteiger partial charge is 0.411 e. The molecule has 3 heterocycles. The number of amides is 1. The Hall–Kier alpha value is -4.56. The SMILES string of the molecule is CCOC(=O)Nc1cccc(-c2cccc(-n3c(=O)c(Cc4cccnc4)nc4cccnc43)c2)c1.Cl. The van der Waals surface area contributed by atoms with Crippen LogP contribution in [0.3, 0.4) is 0 Å². The van der Waals surface area contributed by atoms with Crippen LogP contribution in [0.15, 0.2) is 96.2 Å². The molecular weight excluding hydrogens is 490 g/mol. The number of pyridine rings is 2. The summed E-state index contributed by atoms with van der Waals surface area (Å²) in [7, 11) is 0. The van der Waals surface area contributed by atoms with E-state index >= 15 is 0 Å². The highest BCUT2D eigenvalue weighted by atomic mass is 35.5. The number of benzene rings is 2. The Labute approximate surface area is 219 Å². The Balaban J connectivity index is 0.00000320. The van der Waals surface area contributed by atoms with Gasteiger partial charge in [-0.25, -0.2) is 14.8 Å². The number of halogens is 1. The zero-order valence-electron chi connectivity index (χ0n) is 20.0. The summed E-state index contributed by atoms with van der Waals surface area (Å²) in [6, 6.07) is 22.5. The van der Waals surface area contributed by atoms with E-state index in [1.54, 1.807) is 42.2 Å². The molecule has 0 fully saturated rings. The molecule has 0 aliphatic heterocycles.